The average Bonchev–Trinajstić information content (AvgIpc) is 3.33. The Labute approximate surface area is 174 Å². The second-order valence-electron chi connectivity index (χ2n) is 7.73. The Balaban J connectivity index is 1.33. The van der Waals surface area contributed by atoms with Crippen LogP contribution < -0.4 is 5.32 Å². The molecule has 0 saturated carbocycles. The van der Waals surface area contributed by atoms with E-state index in [0.29, 0.717) is 16.7 Å². The normalized spacial score (nSPS) is 14.6. The van der Waals surface area contributed by atoms with Gasteiger partial charge in [0.15, 0.2) is 0 Å². The molecule has 0 fully saturated rings. The average molecular weight is 396 g/mol. The summed E-state index contributed by atoms with van der Waals surface area (Å²) in [5.74, 6) is -0.815. The fourth-order valence-electron chi connectivity index (χ4n) is 4.23. The predicted octanol–water partition coefficient (Wildman–Crippen LogP) is 4.22. The molecule has 0 aromatic heterocycles. The Morgan fingerprint density at radius 3 is 2.33 bits per heavy atom. The number of fused-ring (bicyclic) bond motifs is 2. The van der Waals surface area contributed by atoms with Gasteiger partial charge in [-0.2, -0.15) is 0 Å². The predicted molar refractivity (Wildman–Crippen MR) is 114 cm³/mol. The molecule has 2 aliphatic rings. The Bertz CT molecular complexity index is 1160. The van der Waals surface area contributed by atoms with Crippen molar-refractivity contribution in [2.24, 2.45) is 0 Å². The van der Waals surface area contributed by atoms with E-state index in [4.69, 9.17) is 0 Å². The van der Waals surface area contributed by atoms with E-state index in [1.54, 1.807) is 42.5 Å². The first-order valence-electron chi connectivity index (χ1n) is 10.1. The summed E-state index contributed by atoms with van der Waals surface area (Å²) in [5.41, 5.74) is 5.51. The van der Waals surface area contributed by atoms with Gasteiger partial charge in [0.1, 0.15) is 0 Å². The van der Waals surface area contributed by atoms with Crippen LogP contribution in [0.1, 0.15) is 54.2 Å². The third kappa shape index (κ3) is 3.18. The van der Waals surface area contributed by atoms with E-state index in [1.165, 1.54) is 16.0 Å². The minimum atomic E-state index is -0.302. The lowest BCUT2D eigenvalue weighted by Gasteiger charge is -2.14. The Hall–Kier alpha value is -3.73. The number of hydrogen-bond donors (Lipinski definition) is 1. The number of nitrogens with zero attached hydrogens (tertiary/aromatic N) is 1. The zero-order valence-corrected chi connectivity index (χ0v) is 16.4. The monoisotopic (exact) mass is 396 g/mol. The number of carbonyl (C=O) groups excluding carboxylic acids is 3. The number of rotatable bonds is 4. The van der Waals surface area contributed by atoms with Crippen LogP contribution in [0, 0.1) is 0 Å². The van der Waals surface area contributed by atoms with E-state index in [9.17, 15) is 14.4 Å². The molecule has 0 unspecified atom stereocenters. The second-order valence-corrected chi connectivity index (χ2v) is 7.73. The van der Waals surface area contributed by atoms with Gasteiger partial charge in [-0.05, 0) is 72.4 Å². The first kappa shape index (κ1) is 18.3. The van der Waals surface area contributed by atoms with Crippen LogP contribution in [0.5, 0.6) is 0 Å². The minimum Gasteiger partial charge on any atom is -0.322 e. The number of carbonyl (C=O) groups is 3. The molecule has 1 N–H and O–H groups in total. The molecule has 5 nitrogen and oxygen atoms in total. The van der Waals surface area contributed by atoms with E-state index in [-0.39, 0.29) is 24.3 Å². The maximum Gasteiger partial charge on any atom is 0.261 e. The molecule has 148 valence electrons. The molecular weight excluding hydrogens is 376 g/mol. The van der Waals surface area contributed by atoms with Crippen LogP contribution in [0.2, 0.25) is 0 Å². The lowest BCUT2D eigenvalue weighted by Crippen LogP contribution is -2.29. The van der Waals surface area contributed by atoms with Crippen LogP contribution in [0.4, 0.5) is 5.69 Å². The van der Waals surface area contributed by atoms with E-state index >= 15 is 0 Å². The molecule has 0 spiro atoms. The van der Waals surface area contributed by atoms with E-state index in [1.807, 2.05) is 18.2 Å². The van der Waals surface area contributed by atoms with Crippen LogP contribution in [0.25, 0.3) is 0 Å². The van der Waals surface area contributed by atoms with Crippen LogP contribution in [0.3, 0.4) is 0 Å². The van der Waals surface area contributed by atoms with Crippen molar-refractivity contribution in [2.75, 3.05) is 5.32 Å². The van der Waals surface area contributed by atoms with Crippen molar-refractivity contribution in [1.29, 1.82) is 0 Å². The van der Waals surface area contributed by atoms with Gasteiger partial charge in [0, 0.05) is 11.3 Å². The van der Waals surface area contributed by atoms with Gasteiger partial charge in [-0.1, -0.05) is 30.3 Å². The van der Waals surface area contributed by atoms with Crippen molar-refractivity contribution < 1.29 is 14.4 Å². The summed E-state index contributed by atoms with van der Waals surface area (Å²) >= 11 is 0. The fourth-order valence-corrected chi connectivity index (χ4v) is 4.23. The number of aryl methyl sites for hydroxylation is 2. The number of anilines is 1. The zero-order chi connectivity index (χ0) is 20.7. The maximum absolute atomic E-state index is 12.8. The highest BCUT2D eigenvalue weighted by molar-refractivity contribution is 6.21. The minimum absolute atomic E-state index is 0.131. The van der Waals surface area contributed by atoms with Crippen molar-refractivity contribution in [1.82, 2.24) is 4.90 Å². The van der Waals surface area contributed by atoms with E-state index < -0.39 is 0 Å². The SMILES string of the molecule is O=C(Nc1ccc2c(c1)CCC2)c1cccc(CN2C(=O)c3ccccc3C2=O)c1. The first-order valence-corrected chi connectivity index (χ1v) is 10.1. The smallest absolute Gasteiger partial charge is 0.261 e. The fraction of sp³-hybridized carbons (Fsp3) is 0.160. The standard InChI is InChI=1S/C25H20N2O3/c28-23(26-20-12-11-17-6-4-7-18(17)14-20)19-8-3-5-16(13-19)15-27-24(29)21-9-1-2-10-22(21)25(27)30/h1-3,5,8-14H,4,6-7,15H2,(H,26,28). The quantitative estimate of drug-likeness (QED) is 0.672. The van der Waals surface area contributed by atoms with Gasteiger partial charge >= 0.3 is 0 Å². The molecule has 0 bridgehead atoms. The molecule has 0 atom stereocenters. The van der Waals surface area contributed by atoms with Crippen LogP contribution in [-0.4, -0.2) is 22.6 Å². The molecule has 1 heterocycles. The molecule has 1 aliphatic heterocycles. The van der Waals surface area contributed by atoms with Gasteiger partial charge < -0.3 is 5.32 Å². The second kappa shape index (κ2) is 7.26. The molecule has 0 saturated heterocycles. The Kier molecular flexibility index (Phi) is 4.43. The lowest BCUT2D eigenvalue weighted by atomic mass is 10.1. The van der Waals surface area contributed by atoms with Gasteiger partial charge in [-0.15, -0.1) is 0 Å². The van der Waals surface area contributed by atoms with Gasteiger partial charge in [0.05, 0.1) is 17.7 Å². The number of amides is 3. The summed E-state index contributed by atoms with van der Waals surface area (Å²) in [6.45, 7) is 0.131. The number of hydrogen-bond acceptors (Lipinski definition) is 3. The summed E-state index contributed by atoms with van der Waals surface area (Å²) < 4.78 is 0. The van der Waals surface area contributed by atoms with Gasteiger partial charge in [0.2, 0.25) is 0 Å². The highest BCUT2D eigenvalue weighted by Gasteiger charge is 2.35. The highest BCUT2D eigenvalue weighted by atomic mass is 16.2. The Morgan fingerprint density at radius 2 is 1.57 bits per heavy atom. The molecule has 1 aliphatic carbocycles. The third-order valence-corrected chi connectivity index (χ3v) is 5.76. The molecule has 30 heavy (non-hydrogen) atoms. The number of benzene rings is 3. The lowest BCUT2D eigenvalue weighted by molar-refractivity contribution is 0.0642. The molecular formula is C25H20N2O3. The van der Waals surface area contributed by atoms with E-state index in [2.05, 4.69) is 11.4 Å². The van der Waals surface area contributed by atoms with Crippen molar-refractivity contribution in [2.45, 2.75) is 25.8 Å². The largest absolute Gasteiger partial charge is 0.322 e. The number of imide groups is 1. The molecule has 5 rings (SSSR count). The number of nitrogens with one attached hydrogen (secondary N) is 1. The third-order valence-electron chi connectivity index (χ3n) is 5.76. The maximum atomic E-state index is 12.8. The van der Waals surface area contributed by atoms with Crippen LogP contribution in [-0.2, 0) is 19.4 Å². The molecule has 3 aromatic carbocycles. The Morgan fingerprint density at radius 1 is 0.833 bits per heavy atom. The molecule has 5 heteroatoms. The summed E-state index contributed by atoms with van der Waals surface area (Å²) in [6.07, 6.45) is 3.31. The van der Waals surface area contributed by atoms with E-state index in [0.717, 1.165) is 30.5 Å². The van der Waals surface area contributed by atoms with Gasteiger partial charge in [-0.3, -0.25) is 19.3 Å². The molecule has 0 radical (unpaired) electrons. The van der Waals surface area contributed by atoms with Crippen LogP contribution >= 0.6 is 0 Å². The summed E-state index contributed by atoms with van der Waals surface area (Å²) in [4.78, 5) is 39.2. The van der Waals surface area contributed by atoms with Crippen molar-refractivity contribution in [3.8, 4) is 0 Å². The van der Waals surface area contributed by atoms with Crippen molar-refractivity contribution >= 4 is 23.4 Å². The zero-order valence-electron chi connectivity index (χ0n) is 16.4. The summed E-state index contributed by atoms with van der Waals surface area (Å²) in [5, 5.41) is 2.95. The van der Waals surface area contributed by atoms with Crippen molar-refractivity contribution in [3.63, 3.8) is 0 Å². The summed E-state index contributed by atoms with van der Waals surface area (Å²) in [6, 6.07) is 19.9. The van der Waals surface area contributed by atoms with Gasteiger partial charge in [0.25, 0.3) is 17.7 Å². The summed E-state index contributed by atoms with van der Waals surface area (Å²) in [7, 11) is 0. The first-order chi connectivity index (χ1) is 14.6. The molecule has 3 amide bonds. The highest BCUT2D eigenvalue weighted by Crippen LogP contribution is 2.26. The van der Waals surface area contributed by atoms with Gasteiger partial charge in [-0.25, -0.2) is 0 Å². The van der Waals surface area contributed by atoms with Crippen molar-refractivity contribution in [3.05, 3.63) is 100 Å². The van der Waals surface area contributed by atoms with Crippen LogP contribution in [0.15, 0.2) is 66.7 Å². The molecule has 3 aromatic rings. The topological polar surface area (TPSA) is 66.5 Å².